The molecule has 0 saturated heterocycles. The minimum absolute atomic E-state index is 0.189. The van der Waals surface area contributed by atoms with Crippen LogP contribution in [0.3, 0.4) is 0 Å². The Balaban J connectivity index is 1.86. The van der Waals surface area contributed by atoms with Crippen LogP contribution in [-0.4, -0.2) is 42.3 Å². The van der Waals surface area contributed by atoms with Crippen LogP contribution in [-0.2, 0) is 30.9 Å². The molecule has 0 aliphatic carbocycles. The van der Waals surface area contributed by atoms with Gasteiger partial charge in [-0.2, -0.15) is 21.6 Å². The molecule has 0 radical (unpaired) electrons. The first-order chi connectivity index (χ1) is 13.1. The van der Waals surface area contributed by atoms with E-state index in [1.165, 1.54) is 12.1 Å². The van der Waals surface area contributed by atoms with Gasteiger partial charge in [0, 0.05) is 0 Å². The van der Waals surface area contributed by atoms with Crippen LogP contribution in [0.15, 0.2) is 18.2 Å². The van der Waals surface area contributed by atoms with Gasteiger partial charge in [0.1, 0.15) is 0 Å². The summed E-state index contributed by atoms with van der Waals surface area (Å²) in [5.74, 6) is -0.546. The predicted octanol–water partition coefficient (Wildman–Crippen LogP) is 3.62. The summed E-state index contributed by atoms with van der Waals surface area (Å²) in [6, 6.07) is 4.08. The Morgan fingerprint density at radius 3 is 2.71 bits per heavy atom. The van der Waals surface area contributed by atoms with Crippen molar-refractivity contribution >= 4 is 37.7 Å². The SMILES string of the molecule is CCCC[IH]OC(=O)CCN1CCc2cc(OS(=O)(=O)C(F)(F)F)ccc2C1. The molecule has 0 amide bonds. The number of rotatable bonds is 9. The van der Waals surface area contributed by atoms with Crippen molar-refractivity contribution in [1.82, 2.24) is 4.90 Å². The van der Waals surface area contributed by atoms with Crippen molar-refractivity contribution < 1.29 is 33.6 Å². The predicted molar refractivity (Wildman–Crippen MR) is 107 cm³/mol. The van der Waals surface area contributed by atoms with Gasteiger partial charge in [0.25, 0.3) is 0 Å². The topological polar surface area (TPSA) is 72.9 Å². The molecule has 28 heavy (non-hydrogen) atoms. The number of carbonyl (C=O) groups is 1. The van der Waals surface area contributed by atoms with E-state index in [9.17, 15) is 26.4 Å². The minimum atomic E-state index is -5.68. The van der Waals surface area contributed by atoms with Crippen LogP contribution >= 0.6 is 21.6 Å². The quantitative estimate of drug-likeness (QED) is 0.158. The zero-order valence-electron chi connectivity index (χ0n) is 15.3. The van der Waals surface area contributed by atoms with Gasteiger partial charge in [-0.05, 0) is 0 Å². The summed E-state index contributed by atoms with van der Waals surface area (Å²) in [4.78, 5) is 13.8. The summed E-state index contributed by atoms with van der Waals surface area (Å²) in [5, 5.41) is 0. The zero-order valence-corrected chi connectivity index (χ0v) is 18.5. The van der Waals surface area contributed by atoms with Crippen molar-refractivity contribution in [3.63, 3.8) is 0 Å². The Hall–Kier alpha value is -1.08. The molecule has 1 aliphatic rings. The molecule has 2 rings (SSSR count). The van der Waals surface area contributed by atoms with E-state index in [2.05, 4.69) is 16.0 Å². The maximum absolute atomic E-state index is 12.4. The first-order valence-electron chi connectivity index (χ1n) is 8.79. The van der Waals surface area contributed by atoms with Gasteiger partial charge >= 0.3 is 152 Å². The van der Waals surface area contributed by atoms with E-state index in [0.29, 0.717) is 32.5 Å². The van der Waals surface area contributed by atoms with Gasteiger partial charge in [-0.25, -0.2) is 0 Å². The van der Waals surface area contributed by atoms with E-state index >= 15 is 0 Å². The van der Waals surface area contributed by atoms with Crippen molar-refractivity contribution in [1.29, 1.82) is 0 Å². The van der Waals surface area contributed by atoms with Crippen LogP contribution < -0.4 is 4.18 Å². The van der Waals surface area contributed by atoms with E-state index in [4.69, 9.17) is 3.07 Å². The summed E-state index contributed by atoms with van der Waals surface area (Å²) < 4.78 is 69.9. The second kappa shape index (κ2) is 10.1. The average Bonchev–Trinajstić information content (AvgIpc) is 2.62. The van der Waals surface area contributed by atoms with Gasteiger partial charge in [0.05, 0.1) is 0 Å². The van der Waals surface area contributed by atoms with Gasteiger partial charge in [-0.15, -0.1) is 0 Å². The van der Waals surface area contributed by atoms with E-state index in [0.717, 1.165) is 28.4 Å². The molecule has 6 nitrogen and oxygen atoms in total. The molecular formula is C17H23F3INO5S. The molecule has 1 aromatic carbocycles. The van der Waals surface area contributed by atoms with Crippen LogP contribution in [0.4, 0.5) is 13.2 Å². The second-order valence-corrected chi connectivity index (χ2v) is 10.2. The fourth-order valence-electron chi connectivity index (χ4n) is 2.61. The molecule has 0 spiro atoms. The van der Waals surface area contributed by atoms with Crippen LogP contribution in [0.25, 0.3) is 0 Å². The van der Waals surface area contributed by atoms with Crippen LogP contribution in [0.5, 0.6) is 5.75 Å². The Kier molecular flexibility index (Phi) is 8.37. The Bertz CT molecular complexity index is 785. The second-order valence-electron chi connectivity index (χ2n) is 6.32. The van der Waals surface area contributed by atoms with E-state index < -0.39 is 37.2 Å². The van der Waals surface area contributed by atoms with Gasteiger partial charge in [-0.1, -0.05) is 0 Å². The van der Waals surface area contributed by atoms with Gasteiger partial charge < -0.3 is 0 Å². The molecule has 0 fully saturated rings. The fourth-order valence-corrected chi connectivity index (χ4v) is 5.07. The summed E-state index contributed by atoms with van der Waals surface area (Å²) in [7, 11) is -5.68. The van der Waals surface area contributed by atoms with Gasteiger partial charge in [0.2, 0.25) is 0 Å². The molecule has 0 saturated carbocycles. The van der Waals surface area contributed by atoms with Crippen molar-refractivity contribution in [2.75, 3.05) is 17.5 Å². The Morgan fingerprint density at radius 2 is 2.04 bits per heavy atom. The van der Waals surface area contributed by atoms with Crippen molar-refractivity contribution in [2.24, 2.45) is 0 Å². The van der Waals surface area contributed by atoms with E-state index in [1.54, 1.807) is 6.07 Å². The molecule has 0 aromatic heterocycles. The number of benzene rings is 1. The van der Waals surface area contributed by atoms with Crippen LogP contribution in [0.1, 0.15) is 37.3 Å². The molecule has 0 atom stereocenters. The monoisotopic (exact) mass is 537 g/mol. The molecule has 0 unspecified atom stereocenters. The van der Waals surface area contributed by atoms with Crippen LogP contribution in [0, 0.1) is 0 Å². The first kappa shape index (κ1) is 23.2. The number of hydrogen-bond acceptors (Lipinski definition) is 6. The molecular weight excluding hydrogens is 514 g/mol. The molecule has 1 heterocycles. The normalized spacial score (nSPS) is 15.3. The van der Waals surface area contributed by atoms with Crippen molar-refractivity contribution in [2.45, 2.75) is 44.7 Å². The number of nitrogens with zero attached hydrogens (tertiary/aromatic N) is 1. The number of unbranched alkanes of at least 4 members (excludes halogenated alkanes) is 1. The first-order valence-corrected chi connectivity index (χ1v) is 12.8. The number of fused-ring (bicyclic) bond motifs is 1. The number of hydrogen-bond donors (Lipinski definition) is 0. The molecule has 1 aromatic rings. The molecule has 0 bridgehead atoms. The third-order valence-corrected chi connectivity index (χ3v) is 7.27. The third kappa shape index (κ3) is 6.76. The molecule has 160 valence electrons. The maximum atomic E-state index is 12.4. The fraction of sp³-hybridized carbons (Fsp3) is 0.588. The summed E-state index contributed by atoms with van der Waals surface area (Å²) in [5.41, 5.74) is -3.86. The molecule has 11 heteroatoms. The third-order valence-electron chi connectivity index (χ3n) is 4.12. The number of halogens is 4. The summed E-state index contributed by atoms with van der Waals surface area (Å²) >= 11 is -0.706. The molecule has 1 aliphatic heterocycles. The van der Waals surface area contributed by atoms with E-state index in [1.807, 2.05) is 0 Å². The summed E-state index contributed by atoms with van der Waals surface area (Å²) in [6.45, 7) is 3.77. The Labute approximate surface area is 173 Å². The zero-order chi connectivity index (χ0) is 20.8. The summed E-state index contributed by atoms with van der Waals surface area (Å²) in [6.07, 6.45) is 2.99. The van der Waals surface area contributed by atoms with E-state index in [-0.39, 0.29) is 11.7 Å². The van der Waals surface area contributed by atoms with Gasteiger partial charge in [-0.3, -0.25) is 0 Å². The van der Waals surface area contributed by atoms with Crippen LogP contribution in [0.2, 0.25) is 0 Å². The van der Waals surface area contributed by atoms with Gasteiger partial charge in [0.15, 0.2) is 0 Å². The van der Waals surface area contributed by atoms with Crippen molar-refractivity contribution in [3.8, 4) is 5.75 Å². The number of alkyl halides is 4. The van der Waals surface area contributed by atoms with Crippen molar-refractivity contribution in [3.05, 3.63) is 29.3 Å². The molecule has 0 N–H and O–H groups in total. The Morgan fingerprint density at radius 1 is 1.29 bits per heavy atom. The average molecular weight is 537 g/mol. The number of carbonyl (C=O) groups excluding carboxylic acids is 1. The standard InChI is InChI=1S/C17H23F3INO5S/c1-2-3-8-21-26-16(23)7-10-22-9-6-13-11-15(5-4-14(13)12-22)27-28(24,25)17(18,19)20/h4-5,11,21H,2-3,6-10,12H2,1H3.